The monoisotopic (exact) mass is 280 g/mol. The number of ether oxygens (including phenoxy) is 1. The molecule has 0 saturated heterocycles. The van der Waals surface area contributed by atoms with Crippen LogP contribution in [0.1, 0.15) is 53.4 Å². The molecule has 1 N–H and O–H groups in total. The summed E-state index contributed by atoms with van der Waals surface area (Å²) < 4.78 is 5.86. The van der Waals surface area contributed by atoms with Crippen LogP contribution >= 0.6 is 0 Å². The summed E-state index contributed by atoms with van der Waals surface area (Å²) in [4.78, 5) is 22.5. The maximum Gasteiger partial charge on any atom is 0.331 e. The van der Waals surface area contributed by atoms with E-state index in [4.69, 9.17) is 9.84 Å². The fraction of sp³-hybridized carbons (Fsp3) is 0.750. The highest BCUT2D eigenvalue weighted by Gasteiger charge is 2.70. The molecule has 0 aromatic carbocycles. The molecule has 0 aromatic rings. The van der Waals surface area contributed by atoms with Gasteiger partial charge in [-0.3, -0.25) is 0 Å². The highest BCUT2D eigenvalue weighted by molar-refractivity contribution is 5.91. The van der Waals surface area contributed by atoms with Crippen molar-refractivity contribution in [1.29, 1.82) is 0 Å². The molecule has 0 amide bonds. The lowest BCUT2D eigenvalue weighted by Crippen LogP contribution is -2.56. The molecule has 2 rings (SSSR count). The summed E-state index contributed by atoms with van der Waals surface area (Å²) in [7, 11) is 0. The van der Waals surface area contributed by atoms with E-state index >= 15 is 0 Å². The van der Waals surface area contributed by atoms with Gasteiger partial charge in [0.05, 0.1) is 0 Å². The Morgan fingerprint density at radius 2 is 1.95 bits per heavy atom. The Morgan fingerprint density at radius 3 is 2.40 bits per heavy atom. The van der Waals surface area contributed by atoms with Gasteiger partial charge in [0, 0.05) is 23.0 Å². The van der Waals surface area contributed by atoms with Gasteiger partial charge in [-0.15, -0.1) is 0 Å². The van der Waals surface area contributed by atoms with Crippen LogP contribution in [0.25, 0.3) is 0 Å². The van der Waals surface area contributed by atoms with Gasteiger partial charge in [-0.25, -0.2) is 9.59 Å². The van der Waals surface area contributed by atoms with Crippen molar-refractivity contribution in [1.82, 2.24) is 0 Å². The van der Waals surface area contributed by atoms with Crippen molar-refractivity contribution in [3.05, 3.63) is 12.2 Å². The largest absolute Gasteiger partial charge is 0.478 e. The van der Waals surface area contributed by atoms with Gasteiger partial charge in [0.2, 0.25) is 0 Å². The molecule has 0 radical (unpaired) electrons. The van der Waals surface area contributed by atoms with E-state index in [2.05, 4.69) is 27.7 Å². The van der Waals surface area contributed by atoms with Crippen LogP contribution in [0.3, 0.4) is 0 Å². The van der Waals surface area contributed by atoms with Gasteiger partial charge in [0.25, 0.3) is 0 Å². The maximum atomic E-state index is 12.0. The van der Waals surface area contributed by atoms with E-state index < -0.39 is 17.5 Å². The average Bonchev–Trinajstić information content (AvgIpc) is 2.82. The fourth-order valence-electron chi connectivity index (χ4n) is 4.89. The molecule has 112 valence electrons. The molecular formula is C16H24O4. The normalized spacial score (nSPS) is 38.3. The summed E-state index contributed by atoms with van der Waals surface area (Å²) >= 11 is 0. The van der Waals surface area contributed by atoms with Crippen LogP contribution in [0.4, 0.5) is 0 Å². The van der Waals surface area contributed by atoms with Crippen LogP contribution in [0.2, 0.25) is 0 Å². The molecule has 4 nitrogen and oxygen atoms in total. The van der Waals surface area contributed by atoms with Crippen molar-refractivity contribution in [2.24, 2.45) is 16.7 Å². The third-order valence-electron chi connectivity index (χ3n) is 5.91. The molecular weight excluding hydrogens is 256 g/mol. The van der Waals surface area contributed by atoms with E-state index in [-0.39, 0.29) is 10.8 Å². The Labute approximate surface area is 120 Å². The third-order valence-corrected chi connectivity index (χ3v) is 5.91. The number of rotatable bonds is 4. The number of hydrogen-bond acceptors (Lipinski definition) is 3. The number of carboxylic acid groups (broad SMARTS) is 1. The van der Waals surface area contributed by atoms with Gasteiger partial charge in [0.15, 0.2) is 0 Å². The van der Waals surface area contributed by atoms with Crippen LogP contribution in [0.15, 0.2) is 12.2 Å². The van der Waals surface area contributed by atoms with Gasteiger partial charge >= 0.3 is 11.9 Å². The number of esters is 1. The van der Waals surface area contributed by atoms with E-state index in [9.17, 15) is 9.59 Å². The van der Waals surface area contributed by atoms with Crippen LogP contribution < -0.4 is 0 Å². The molecule has 2 aliphatic rings. The Morgan fingerprint density at radius 1 is 1.30 bits per heavy atom. The first-order valence-electron chi connectivity index (χ1n) is 7.32. The highest BCUT2D eigenvalue weighted by atomic mass is 16.6. The summed E-state index contributed by atoms with van der Waals surface area (Å²) in [5, 5.41) is 8.61. The number of carbonyl (C=O) groups is 2. The summed E-state index contributed by atoms with van der Waals surface area (Å²) in [5.41, 5.74) is -0.563. The number of fused-ring (bicyclic) bond motifs is 2. The smallest absolute Gasteiger partial charge is 0.331 e. The number of hydrogen-bond donors (Lipinski definition) is 1. The van der Waals surface area contributed by atoms with Gasteiger partial charge in [-0.2, -0.15) is 0 Å². The van der Waals surface area contributed by atoms with Crippen molar-refractivity contribution >= 4 is 11.9 Å². The van der Waals surface area contributed by atoms with Crippen molar-refractivity contribution < 1.29 is 19.4 Å². The van der Waals surface area contributed by atoms with Crippen molar-refractivity contribution in [2.45, 2.75) is 59.0 Å². The zero-order valence-electron chi connectivity index (χ0n) is 12.7. The lowest BCUT2D eigenvalue weighted by molar-refractivity contribution is -0.195. The molecule has 0 aromatic heterocycles. The Bertz CT molecular complexity index is 458. The van der Waals surface area contributed by atoms with E-state index in [1.54, 1.807) is 0 Å². The molecule has 3 atom stereocenters. The minimum atomic E-state index is -1.13. The van der Waals surface area contributed by atoms with Gasteiger partial charge in [-0.05, 0) is 31.6 Å². The molecule has 0 heterocycles. The van der Waals surface area contributed by atoms with E-state index in [0.717, 1.165) is 31.4 Å². The fourth-order valence-corrected chi connectivity index (χ4v) is 4.89. The minimum absolute atomic E-state index is 0.00262. The average molecular weight is 280 g/mol. The molecule has 2 aliphatic carbocycles. The molecule has 2 bridgehead atoms. The molecule has 3 unspecified atom stereocenters. The van der Waals surface area contributed by atoms with Crippen LogP contribution in [0, 0.1) is 16.7 Å². The lowest BCUT2D eigenvalue weighted by atomic mass is 9.59. The lowest BCUT2D eigenvalue weighted by Gasteiger charge is -2.52. The molecule has 4 heteroatoms. The summed E-state index contributed by atoms with van der Waals surface area (Å²) in [6.45, 7) is 8.63. The summed E-state index contributed by atoms with van der Waals surface area (Å²) in [6.07, 6.45) is 5.97. The first kappa shape index (κ1) is 15.1. The van der Waals surface area contributed by atoms with Crippen molar-refractivity contribution in [2.75, 3.05) is 0 Å². The standard InChI is InChI=1S/C16H24O4/c1-5-16(20-13(19)7-6-12(17)18)14(2,3)11-8-9-15(16,4)10-11/h6-7,11H,5,8-10H2,1-4H3,(H,17,18). The van der Waals surface area contributed by atoms with Crippen molar-refractivity contribution in [3.63, 3.8) is 0 Å². The van der Waals surface area contributed by atoms with E-state index in [1.807, 2.05) is 0 Å². The Hall–Kier alpha value is -1.32. The third kappa shape index (κ3) is 1.88. The SMILES string of the molecule is CCC1(OC(=O)C=CC(=O)O)C2(C)CCC(C2)C1(C)C. The van der Waals surface area contributed by atoms with Crippen molar-refractivity contribution in [3.8, 4) is 0 Å². The van der Waals surface area contributed by atoms with Gasteiger partial charge < -0.3 is 9.84 Å². The molecule has 0 spiro atoms. The van der Waals surface area contributed by atoms with Crippen LogP contribution in [0.5, 0.6) is 0 Å². The minimum Gasteiger partial charge on any atom is -0.478 e. The van der Waals surface area contributed by atoms with Crippen LogP contribution in [-0.2, 0) is 14.3 Å². The van der Waals surface area contributed by atoms with E-state index in [0.29, 0.717) is 5.92 Å². The second kappa shape index (κ2) is 4.61. The zero-order chi connectivity index (χ0) is 15.2. The predicted octanol–water partition coefficient (Wildman–Crippen LogP) is 3.17. The maximum absolute atomic E-state index is 12.0. The molecule has 2 fully saturated rings. The van der Waals surface area contributed by atoms with Crippen LogP contribution in [-0.4, -0.2) is 22.6 Å². The van der Waals surface area contributed by atoms with Gasteiger partial charge in [0.1, 0.15) is 5.60 Å². The second-order valence-electron chi connectivity index (χ2n) is 7.00. The number of carbonyl (C=O) groups excluding carboxylic acids is 1. The summed E-state index contributed by atoms with van der Waals surface area (Å²) in [5.74, 6) is -1.11. The molecule has 0 aliphatic heterocycles. The van der Waals surface area contributed by atoms with E-state index in [1.165, 1.54) is 6.42 Å². The Balaban J connectivity index is 2.30. The van der Waals surface area contributed by atoms with Gasteiger partial charge in [-0.1, -0.05) is 27.7 Å². The first-order valence-corrected chi connectivity index (χ1v) is 7.32. The molecule has 20 heavy (non-hydrogen) atoms. The quantitative estimate of drug-likeness (QED) is 0.634. The topological polar surface area (TPSA) is 63.6 Å². The first-order chi connectivity index (χ1) is 9.18. The second-order valence-corrected chi connectivity index (χ2v) is 7.00. The number of aliphatic carboxylic acids is 1. The summed E-state index contributed by atoms with van der Waals surface area (Å²) in [6, 6.07) is 0. The highest BCUT2D eigenvalue weighted by Crippen LogP contribution is 2.70. The predicted molar refractivity (Wildman–Crippen MR) is 75.1 cm³/mol. The molecule has 2 saturated carbocycles. The Kier molecular flexibility index (Phi) is 3.47. The zero-order valence-corrected chi connectivity index (χ0v) is 12.7. The number of carboxylic acids is 1.